The van der Waals surface area contributed by atoms with Crippen LogP contribution in [0.4, 0.5) is 5.69 Å². The smallest absolute Gasteiger partial charge is 0.328 e. The van der Waals surface area contributed by atoms with Gasteiger partial charge in [-0.15, -0.1) is 0 Å². The van der Waals surface area contributed by atoms with Gasteiger partial charge in [0.2, 0.25) is 5.91 Å². The first kappa shape index (κ1) is 12.6. The molecule has 0 unspecified atom stereocenters. The van der Waals surface area contributed by atoms with Gasteiger partial charge in [0, 0.05) is 23.4 Å². The zero-order valence-electron chi connectivity index (χ0n) is 9.14. The van der Waals surface area contributed by atoms with Crippen LogP contribution in [-0.4, -0.2) is 22.8 Å². The zero-order chi connectivity index (χ0) is 12.8. The van der Waals surface area contributed by atoms with Crippen molar-refractivity contribution in [2.24, 2.45) is 0 Å². The first-order valence-electron chi connectivity index (χ1n) is 4.82. The molecular formula is C12H11NO4. The van der Waals surface area contributed by atoms with Gasteiger partial charge in [0.25, 0.3) is 0 Å². The number of benzene rings is 1. The zero-order valence-corrected chi connectivity index (χ0v) is 9.14. The SMILES string of the molecule is CC(=O)c1cccc(NC(=O)C=CC(=O)O)c1. The fraction of sp³-hybridized carbons (Fsp3) is 0.0833. The van der Waals surface area contributed by atoms with Crippen molar-refractivity contribution in [3.05, 3.63) is 42.0 Å². The van der Waals surface area contributed by atoms with E-state index in [1.165, 1.54) is 13.0 Å². The Morgan fingerprint density at radius 2 is 1.94 bits per heavy atom. The molecule has 5 nitrogen and oxygen atoms in total. The normalized spacial score (nSPS) is 10.2. The molecule has 0 heterocycles. The summed E-state index contributed by atoms with van der Waals surface area (Å²) in [5.74, 6) is -1.87. The third-order valence-electron chi connectivity index (χ3n) is 1.91. The van der Waals surface area contributed by atoms with E-state index in [1.807, 2.05) is 0 Å². The van der Waals surface area contributed by atoms with Crippen LogP contribution in [0.15, 0.2) is 36.4 Å². The summed E-state index contributed by atoms with van der Waals surface area (Å²) in [5.41, 5.74) is 0.919. The van der Waals surface area contributed by atoms with Crippen molar-refractivity contribution in [3.63, 3.8) is 0 Å². The minimum atomic E-state index is -1.20. The van der Waals surface area contributed by atoms with Crippen molar-refractivity contribution in [1.82, 2.24) is 0 Å². The summed E-state index contributed by atoms with van der Waals surface area (Å²) in [4.78, 5) is 32.5. The number of aliphatic carboxylic acids is 1. The Morgan fingerprint density at radius 3 is 2.53 bits per heavy atom. The van der Waals surface area contributed by atoms with E-state index in [1.54, 1.807) is 18.2 Å². The van der Waals surface area contributed by atoms with Crippen LogP contribution in [0.3, 0.4) is 0 Å². The lowest BCUT2D eigenvalue weighted by molar-refractivity contribution is -0.131. The van der Waals surface area contributed by atoms with Crippen LogP contribution in [0.2, 0.25) is 0 Å². The molecule has 0 aliphatic heterocycles. The summed E-state index contributed by atoms with van der Waals surface area (Å²) in [6, 6.07) is 6.39. The first-order chi connectivity index (χ1) is 7.99. The monoisotopic (exact) mass is 233 g/mol. The molecule has 0 radical (unpaired) electrons. The second-order valence-electron chi connectivity index (χ2n) is 3.30. The van der Waals surface area contributed by atoms with Gasteiger partial charge in [0.1, 0.15) is 0 Å². The summed E-state index contributed by atoms with van der Waals surface area (Å²) in [5, 5.41) is 10.8. The average molecular weight is 233 g/mol. The van der Waals surface area contributed by atoms with Crippen molar-refractivity contribution >= 4 is 23.3 Å². The van der Waals surface area contributed by atoms with Gasteiger partial charge in [-0.05, 0) is 19.1 Å². The summed E-state index contributed by atoms with van der Waals surface area (Å²) in [7, 11) is 0. The number of carbonyl (C=O) groups is 3. The van der Waals surface area contributed by atoms with Gasteiger partial charge in [-0.2, -0.15) is 0 Å². The minimum absolute atomic E-state index is 0.109. The van der Waals surface area contributed by atoms with Crippen molar-refractivity contribution in [1.29, 1.82) is 0 Å². The number of carboxylic acids is 1. The molecule has 0 saturated carbocycles. The molecule has 0 fully saturated rings. The van der Waals surface area contributed by atoms with Crippen LogP contribution in [0.1, 0.15) is 17.3 Å². The maximum absolute atomic E-state index is 11.3. The van der Waals surface area contributed by atoms with E-state index in [0.29, 0.717) is 11.3 Å². The van der Waals surface area contributed by atoms with Gasteiger partial charge in [-0.3, -0.25) is 9.59 Å². The summed E-state index contributed by atoms with van der Waals surface area (Å²) in [6.45, 7) is 1.42. The lowest BCUT2D eigenvalue weighted by atomic mass is 10.1. The first-order valence-corrected chi connectivity index (χ1v) is 4.82. The Morgan fingerprint density at radius 1 is 1.24 bits per heavy atom. The Hall–Kier alpha value is -2.43. The van der Waals surface area contributed by atoms with Crippen LogP contribution >= 0.6 is 0 Å². The molecule has 1 amide bonds. The largest absolute Gasteiger partial charge is 0.478 e. The lowest BCUT2D eigenvalue weighted by Gasteiger charge is -2.03. The van der Waals surface area contributed by atoms with Crippen molar-refractivity contribution in [2.75, 3.05) is 5.32 Å². The number of Topliss-reactive ketones (excluding diaryl/α,β-unsaturated/α-hetero) is 1. The molecule has 5 heteroatoms. The number of ketones is 1. The van der Waals surface area contributed by atoms with Gasteiger partial charge in [0.05, 0.1) is 0 Å². The Balaban J connectivity index is 2.75. The molecule has 1 aromatic carbocycles. The number of nitrogens with one attached hydrogen (secondary N) is 1. The number of rotatable bonds is 4. The van der Waals surface area contributed by atoms with Crippen molar-refractivity contribution in [3.8, 4) is 0 Å². The van der Waals surface area contributed by atoms with Crippen LogP contribution in [0.25, 0.3) is 0 Å². The quantitative estimate of drug-likeness (QED) is 0.609. The van der Waals surface area contributed by atoms with E-state index in [0.717, 1.165) is 12.2 Å². The lowest BCUT2D eigenvalue weighted by Crippen LogP contribution is -2.09. The third-order valence-corrected chi connectivity index (χ3v) is 1.91. The van der Waals surface area contributed by atoms with E-state index in [2.05, 4.69) is 5.32 Å². The number of amides is 1. The summed E-state index contributed by atoms with van der Waals surface area (Å²) in [6.07, 6.45) is 1.65. The van der Waals surface area contributed by atoms with Crippen molar-refractivity contribution < 1.29 is 19.5 Å². The van der Waals surface area contributed by atoms with Crippen LogP contribution in [0.5, 0.6) is 0 Å². The predicted molar refractivity (Wildman–Crippen MR) is 61.9 cm³/mol. The number of anilines is 1. The van der Waals surface area contributed by atoms with Gasteiger partial charge in [0.15, 0.2) is 5.78 Å². The van der Waals surface area contributed by atoms with Gasteiger partial charge in [-0.1, -0.05) is 12.1 Å². The van der Waals surface area contributed by atoms with Crippen LogP contribution in [0, 0.1) is 0 Å². The Kier molecular flexibility index (Phi) is 4.16. The maximum atomic E-state index is 11.3. The van der Waals surface area contributed by atoms with Gasteiger partial charge < -0.3 is 10.4 Å². The van der Waals surface area contributed by atoms with Gasteiger partial charge >= 0.3 is 5.97 Å². The summed E-state index contributed by atoms with van der Waals surface area (Å²) >= 11 is 0. The molecule has 0 aliphatic carbocycles. The molecule has 0 aliphatic rings. The standard InChI is InChI=1S/C12H11NO4/c1-8(14)9-3-2-4-10(7-9)13-11(15)5-6-12(16)17/h2-7H,1H3,(H,13,15)(H,16,17). The van der Waals surface area contributed by atoms with E-state index < -0.39 is 11.9 Å². The second-order valence-corrected chi connectivity index (χ2v) is 3.30. The molecule has 88 valence electrons. The van der Waals surface area contributed by atoms with E-state index in [9.17, 15) is 14.4 Å². The predicted octanol–water partition coefficient (Wildman–Crippen LogP) is 1.47. The fourth-order valence-corrected chi connectivity index (χ4v) is 1.15. The number of carbonyl (C=O) groups excluding carboxylic acids is 2. The second kappa shape index (κ2) is 5.60. The van der Waals surface area contributed by atoms with Gasteiger partial charge in [-0.25, -0.2) is 4.79 Å². The molecule has 17 heavy (non-hydrogen) atoms. The van der Waals surface area contributed by atoms with Crippen LogP contribution < -0.4 is 5.32 Å². The minimum Gasteiger partial charge on any atom is -0.478 e. The van der Waals surface area contributed by atoms with Crippen molar-refractivity contribution in [2.45, 2.75) is 6.92 Å². The molecule has 2 N–H and O–H groups in total. The highest BCUT2D eigenvalue weighted by atomic mass is 16.4. The van der Waals surface area contributed by atoms with E-state index >= 15 is 0 Å². The Labute approximate surface area is 97.8 Å². The highest BCUT2D eigenvalue weighted by Gasteiger charge is 2.02. The third kappa shape index (κ3) is 4.29. The highest BCUT2D eigenvalue weighted by Crippen LogP contribution is 2.11. The number of hydrogen-bond acceptors (Lipinski definition) is 3. The van der Waals surface area contributed by atoms with E-state index in [-0.39, 0.29) is 5.78 Å². The number of carboxylic acid groups (broad SMARTS) is 1. The molecular weight excluding hydrogens is 222 g/mol. The fourth-order valence-electron chi connectivity index (χ4n) is 1.15. The van der Waals surface area contributed by atoms with Crippen LogP contribution in [-0.2, 0) is 9.59 Å². The molecule has 0 saturated heterocycles. The molecule has 0 atom stereocenters. The average Bonchev–Trinajstić information content (AvgIpc) is 2.26. The summed E-state index contributed by atoms with van der Waals surface area (Å²) < 4.78 is 0. The number of hydrogen-bond donors (Lipinski definition) is 2. The molecule has 1 rings (SSSR count). The molecule has 0 bridgehead atoms. The molecule has 0 spiro atoms. The maximum Gasteiger partial charge on any atom is 0.328 e. The topological polar surface area (TPSA) is 83.5 Å². The van der Waals surface area contributed by atoms with E-state index in [4.69, 9.17) is 5.11 Å². The highest BCUT2D eigenvalue weighted by molar-refractivity contribution is 6.03. The Bertz CT molecular complexity index is 491. The molecule has 0 aromatic heterocycles. The molecule has 1 aromatic rings.